The van der Waals surface area contributed by atoms with Crippen LogP contribution in [0.2, 0.25) is 5.02 Å². The molecule has 1 aromatic rings. The normalized spacial score (nSPS) is 11.6. The van der Waals surface area contributed by atoms with Gasteiger partial charge in [-0.3, -0.25) is 0 Å². The minimum Gasteiger partial charge on any atom is -0.394 e. The number of urea groups is 1. The number of rotatable bonds is 5. The second-order valence-corrected chi connectivity index (χ2v) is 6.02. The number of amides is 2. The molecule has 3 N–H and O–H groups in total. The Morgan fingerprint density at radius 1 is 1.50 bits per heavy atom. The quantitative estimate of drug-likeness (QED) is 0.726. The molecule has 0 aliphatic carbocycles. The lowest BCUT2D eigenvalue weighted by atomic mass is 10.1. The minimum absolute atomic E-state index is 0.0983. The van der Waals surface area contributed by atoms with Gasteiger partial charge in [0, 0.05) is 0 Å². The summed E-state index contributed by atoms with van der Waals surface area (Å²) in [6.45, 7) is 2.99. The molecule has 0 saturated carbocycles. The Kier molecular flexibility index (Phi) is 6.04. The second-order valence-electron chi connectivity index (χ2n) is 4.62. The summed E-state index contributed by atoms with van der Waals surface area (Å²) in [6, 6.07) is 3.88. The Bertz CT molecular complexity index is 487. The summed E-state index contributed by atoms with van der Waals surface area (Å²) in [6.07, 6.45) is 0. The molecule has 0 heterocycles. The van der Waals surface area contributed by atoms with E-state index >= 15 is 0 Å². The van der Waals surface area contributed by atoms with E-state index in [9.17, 15) is 13.6 Å². The summed E-state index contributed by atoms with van der Waals surface area (Å²) in [5, 5.41) is 14.2. The first-order chi connectivity index (χ1) is 9.25. The predicted molar refractivity (Wildman–Crippen MR) is 76.6 cm³/mol. The van der Waals surface area contributed by atoms with Gasteiger partial charge < -0.3 is 15.7 Å². The summed E-state index contributed by atoms with van der Waals surface area (Å²) in [5.74, 6) is -2.65. The fraction of sp³-hybridized carbons (Fsp3) is 0.417. The third-order valence-corrected chi connectivity index (χ3v) is 3.55. The van der Waals surface area contributed by atoms with E-state index in [1.165, 1.54) is 12.1 Å². The van der Waals surface area contributed by atoms with Crippen molar-refractivity contribution in [1.82, 2.24) is 5.32 Å². The molecule has 8 heteroatoms. The molecule has 0 spiro atoms. The lowest BCUT2D eigenvalue weighted by Crippen LogP contribution is -2.48. The van der Waals surface area contributed by atoms with Gasteiger partial charge in [-0.2, -0.15) is 8.78 Å². The van der Waals surface area contributed by atoms with Crippen molar-refractivity contribution in [1.29, 1.82) is 0 Å². The number of aliphatic hydroxyl groups excluding tert-OH is 1. The van der Waals surface area contributed by atoms with Gasteiger partial charge in [0.15, 0.2) is 0 Å². The van der Waals surface area contributed by atoms with Crippen molar-refractivity contribution in [2.45, 2.75) is 30.0 Å². The molecule has 1 rings (SSSR count). The van der Waals surface area contributed by atoms with Gasteiger partial charge in [-0.25, -0.2) is 4.79 Å². The van der Waals surface area contributed by atoms with Crippen LogP contribution in [-0.2, 0) is 0 Å². The largest absolute Gasteiger partial charge is 0.394 e. The van der Waals surface area contributed by atoms with Gasteiger partial charge >= 0.3 is 6.03 Å². The molecular formula is C12H15ClF2N2O2S. The zero-order valence-corrected chi connectivity index (χ0v) is 12.5. The van der Waals surface area contributed by atoms with Crippen LogP contribution in [0, 0.1) is 0 Å². The molecule has 0 atom stereocenters. The number of hydrogen-bond acceptors (Lipinski definition) is 3. The number of halogens is 3. The third kappa shape index (κ3) is 5.15. The molecule has 0 aromatic heterocycles. The van der Waals surface area contributed by atoms with Crippen LogP contribution in [0.15, 0.2) is 23.1 Å². The smallest absolute Gasteiger partial charge is 0.319 e. The topological polar surface area (TPSA) is 61.4 Å². The van der Waals surface area contributed by atoms with Crippen LogP contribution >= 0.6 is 23.4 Å². The SMILES string of the molecule is CC(C)(CO)NC(=O)Nc1cccc(Cl)c1SC(F)F. The third-order valence-electron chi connectivity index (χ3n) is 2.27. The molecule has 20 heavy (non-hydrogen) atoms. The highest BCUT2D eigenvalue weighted by atomic mass is 35.5. The highest BCUT2D eigenvalue weighted by Gasteiger charge is 2.20. The number of aliphatic hydroxyl groups is 1. The Balaban J connectivity index is 2.87. The van der Waals surface area contributed by atoms with E-state index in [2.05, 4.69) is 10.6 Å². The van der Waals surface area contributed by atoms with Gasteiger partial charge in [0.2, 0.25) is 0 Å². The van der Waals surface area contributed by atoms with Crippen LogP contribution in [0.3, 0.4) is 0 Å². The van der Waals surface area contributed by atoms with E-state index in [1.807, 2.05) is 0 Å². The van der Waals surface area contributed by atoms with E-state index in [4.69, 9.17) is 16.7 Å². The molecule has 0 saturated heterocycles. The Morgan fingerprint density at radius 3 is 2.70 bits per heavy atom. The van der Waals surface area contributed by atoms with Gasteiger partial charge in [0.1, 0.15) is 0 Å². The first-order valence-corrected chi connectivity index (χ1v) is 6.94. The maximum absolute atomic E-state index is 12.5. The molecule has 0 aliphatic heterocycles. The first-order valence-electron chi connectivity index (χ1n) is 5.68. The fourth-order valence-corrected chi connectivity index (χ4v) is 2.23. The van der Waals surface area contributed by atoms with Crippen molar-refractivity contribution in [2.24, 2.45) is 0 Å². The summed E-state index contributed by atoms with van der Waals surface area (Å²) >= 11 is 6.11. The number of alkyl halides is 2. The van der Waals surface area contributed by atoms with Crippen molar-refractivity contribution in [3.05, 3.63) is 23.2 Å². The molecular weight excluding hydrogens is 310 g/mol. The maximum atomic E-state index is 12.5. The van der Waals surface area contributed by atoms with Crippen molar-refractivity contribution in [3.8, 4) is 0 Å². The molecule has 0 unspecified atom stereocenters. The van der Waals surface area contributed by atoms with Gasteiger partial charge in [-0.15, -0.1) is 0 Å². The van der Waals surface area contributed by atoms with E-state index in [0.29, 0.717) is 0 Å². The molecule has 0 radical (unpaired) electrons. The number of carbonyl (C=O) groups excluding carboxylic acids is 1. The van der Waals surface area contributed by atoms with Crippen molar-refractivity contribution in [3.63, 3.8) is 0 Å². The van der Waals surface area contributed by atoms with Crippen molar-refractivity contribution >= 4 is 35.1 Å². The number of carbonyl (C=O) groups is 1. The standard InChI is InChI=1S/C12H15ClF2N2O2S/c1-12(2,6-18)17-11(19)16-8-5-3-4-7(13)9(8)20-10(14)15/h3-5,10,18H,6H2,1-2H3,(H2,16,17,19). The Hall–Kier alpha value is -1.05. The monoisotopic (exact) mass is 324 g/mol. The molecule has 4 nitrogen and oxygen atoms in total. The lowest BCUT2D eigenvalue weighted by Gasteiger charge is -2.24. The summed E-state index contributed by atoms with van der Waals surface area (Å²) < 4.78 is 25.0. The average Bonchev–Trinajstić information content (AvgIpc) is 2.32. The second kappa shape index (κ2) is 7.10. The van der Waals surface area contributed by atoms with Gasteiger partial charge in [-0.1, -0.05) is 29.4 Å². The average molecular weight is 325 g/mol. The number of thioether (sulfide) groups is 1. The Morgan fingerprint density at radius 2 is 2.15 bits per heavy atom. The van der Waals surface area contributed by atoms with Gasteiger partial charge in [0.05, 0.1) is 27.8 Å². The fourth-order valence-electron chi connectivity index (χ4n) is 1.32. The Labute approximate surface area is 124 Å². The van der Waals surface area contributed by atoms with Crippen LogP contribution in [0.5, 0.6) is 0 Å². The van der Waals surface area contributed by atoms with Crippen molar-refractivity contribution < 1.29 is 18.7 Å². The summed E-state index contributed by atoms with van der Waals surface area (Å²) in [4.78, 5) is 11.9. The number of benzene rings is 1. The maximum Gasteiger partial charge on any atom is 0.319 e. The molecule has 112 valence electrons. The number of hydrogen-bond donors (Lipinski definition) is 3. The minimum atomic E-state index is -2.65. The van der Waals surface area contributed by atoms with E-state index in [-0.39, 0.29) is 34.0 Å². The lowest BCUT2D eigenvalue weighted by molar-refractivity contribution is 0.187. The molecule has 0 bridgehead atoms. The van der Waals surface area contributed by atoms with E-state index in [1.54, 1.807) is 19.9 Å². The zero-order chi connectivity index (χ0) is 15.3. The molecule has 1 aromatic carbocycles. The van der Waals surface area contributed by atoms with Crippen LogP contribution in [0.4, 0.5) is 19.3 Å². The van der Waals surface area contributed by atoms with Gasteiger partial charge in [0.25, 0.3) is 5.76 Å². The predicted octanol–water partition coefficient (Wildman–Crippen LogP) is 3.55. The van der Waals surface area contributed by atoms with Crippen LogP contribution in [-0.4, -0.2) is 29.0 Å². The molecule has 2 amide bonds. The van der Waals surface area contributed by atoms with E-state index < -0.39 is 17.3 Å². The van der Waals surface area contributed by atoms with Crippen LogP contribution in [0.1, 0.15) is 13.8 Å². The first kappa shape index (κ1) is 17.0. The highest BCUT2D eigenvalue weighted by molar-refractivity contribution is 7.99. The number of nitrogens with one attached hydrogen (secondary N) is 2. The highest BCUT2D eigenvalue weighted by Crippen LogP contribution is 2.37. The van der Waals surface area contributed by atoms with Gasteiger partial charge in [-0.05, 0) is 26.0 Å². The van der Waals surface area contributed by atoms with Crippen molar-refractivity contribution in [2.75, 3.05) is 11.9 Å². The summed E-state index contributed by atoms with van der Waals surface area (Å²) in [5.41, 5.74) is -0.632. The zero-order valence-electron chi connectivity index (χ0n) is 10.9. The van der Waals surface area contributed by atoms with Crippen LogP contribution < -0.4 is 10.6 Å². The molecule has 0 aliphatic rings. The molecule has 0 fully saturated rings. The van der Waals surface area contributed by atoms with Crippen LogP contribution in [0.25, 0.3) is 0 Å². The number of anilines is 1. The summed E-state index contributed by atoms with van der Waals surface area (Å²) in [7, 11) is 0. The van der Waals surface area contributed by atoms with E-state index in [0.717, 1.165) is 0 Å².